The number of thioether (sulfide) groups is 1. The molecule has 0 spiro atoms. The maximum absolute atomic E-state index is 3.54. The summed E-state index contributed by atoms with van der Waals surface area (Å²) in [6.45, 7) is 9.70. The zero-order valence-electron chi connectivity index (χ0n) is 9.89. The average molecular weight is 213 g/mol. The van der Waals surface area contributed by atoms with Crippen LogP contribution in [0.2, 0.25) is 0 Å². The molecule has 0 aliphatic heterocycles. The van der Waals surface area contributed by atoms with E-state index in [1.807, 2.05) is 18.7 Å². The van der Waals surface area contributed by atoms with Crippen LogP contribution < -0.4 is 5.32 Å². The molecule has 0 radical (unpaired) electrons. The van der Waals surface area contributed by atoms with Gasteiger partial charge in [-0.2, -0.15) is 11.8 Å². The monoisotopic (exact) mass is 213 g/mol. The Morgan fingerprint density at radius 3 is 2.57 bits per heavy atom. The van der Waals surface area contributed by atoms with Crippen molar-refractivity contribution in [2.75, 3.05) is 12.3 Å². The highest BCUT2D eigenvalue weighted by Crippen LogP contribution is 2.11. The first-order valence-electron chi connectivity index (χ1n) is 5.45. The summed E-state index contributed by atoms with van der Waals surface area (Å²) in [5, 5.41) is 4.25. The standard InChI is InChI=1S/C12H23NS/c1-5-7-8-12(13-9-6-2)10-14-11(3)4/h11-13H,6,8-10H2,1-4H3. The zero-order valence-corrected chi connectivity index (χ0v) is 10.7. The Bertz CT molecular complexity index is 178. The highest BCUT2D eigenvalue weighted by Gasteiger charge is 2.06. The summed E-state index contributed by atoms with van der Waals surface area (Å²) in [4.78, 5) is 0. The van der Waals surface area contributed by atoms with E-state index in [0.29, 0.717) is 6.04 Å². The van der Waals surface area contributed by atoms with Gasteiger partial charge in [0.2, 0.25) is 0 Å². The Balaban J connectivity index is 3.75. The first-order valence-corrected chi connectivity index (χ1v) is 6.50. The van der Waals surface area contributed by atoms with E-state index in [-0.39, 0.29) is 0 Å². The van der Waals surface area contributed by atoms with Crippen LogP contribution >= 0.6 is 11.8 Å². The van der Waals surface area contributed by atoms with Crippen LogP contribution in [0.1, 0.15) is 40.5 Å². The van der Waals surface area contributed by atoms with Crippen LogP contribution in [0.25, 0.3) is 0 Å². The van der Waals surface area contributed by atoms with Crippen molar-refractivity contribution in [2.24, 2.45) is 0 Å². The first-order chi connectivity index (χ1) is 6.70. The van der Waals surface area contributed by atoms with Crippen molar-refractivity contribution in [1.82, 2.24) is 5.32 Å². The molecule has 0 aliphatic rings. The van der Waals surface area contributed by atoms with Gasteiger partial charge >= 0.3 is 0 Å². The van der Waals surface area contributed by atoms with Gasteiger partial charge in [0.1, 0.15) is 0 Å². The third kappa shape index (κ3) is 8.47. The van der Waals surface area contributed by atoms with E-state index in [0.717, 1.165) is 18.2 Å². The minimum Gasteiger partial charge on any atom is -0.312 e. The van der Waals surface area contributed by atoms with Crippen molar-refractivity contribution < 1.29 is 0 Å². The lowest BCUT2D eigenvalue weighted by Gasteiger charge is -2.16. The molecule has 1 N–H and O–H groups in total. The maximum Gasteiger partial charge on any atom is 0.0267 e. The van der Waals surface area contributed by atoms with Crippen LogP contribution in [-0.2, 0) is 0 Å². The predicted octanol–water partition coefficient (Wildman–Crippen LogP) is 2.91. The Labute approximate surface area is 93.4 Å². The molecule has 0 saturated heterocycles. The number of nitrogens with one attached hydrogen (secondary N) is 1. The summed E-state index contributed by atoms with van der Waals surface area (Å²) < 4.78 is 0. The number of hydrogen-bond donors (Lipinski definition) is 1. The van der Waals surface area contributed by atoms with Crippen molar-refractivity contribution in [1.29, 1.82) is 0 Å². The molecule has 0 amide bonds. The van der Waals surface area contributed by atoms with Gasteiger partial charge in [0.15, 0.2) is 0 Å². The van der Waals surface area contributed by atoms with Crippen LogP contribution in [0.5, 0.6) is 0 Å². The molecule has 0 aromatic heterocycles. The van der Waals surface area contributed by atoms with Gasteiger partial charge in [0, 0.05) is 18.2 Å². The van der Waals surface area contributed by atoms with Crippen molar-refractivity contribution in [3.63, 3.8) is 0 Å². The Morgan fingerprint density at radius 2 is 2.07 bits per heavy atom. The van der Waals surface area contributed by atoms with Gasteiger partial charge in [0.25, 0.3) is 0 Å². The molecule has 0 fully saturated rings. The quantitative estimate of drug-likeness (QED) is 0.653. The average Bonchev–Trinajstić information content (AvgIpc) is 2.16. The third-order valence-corrected chi connectivity index (χ3v) is 3.10. The van der Waals surface area contributed by atoms with Crippen molar-refractivity contribution >= 4 is 11.8 Å². The molecule has 0 aromatic carbocycles. The summed E-state index contributed by atoms with van der Waals surface area (Å²) in [5.41, 5.74) is 0. The molecule has 1 nitrogen and oxygen atoms in total. The molecule has 0 aliphatic carbocycles. The second-order valence-corrected chi connectivity index (χ2v) is 5.27. The van der Waals surface area contributed by atoms with Gasteiger partial charge < -0.3 is 5.32 Å². The van der Waals surface area contributed by atoms with Crippen LogP contribution in [0.4, 0.5) is 0 Å². The van der Waals surface area contributed by atoms with Gasteiger partial charge in [0.05, 0.1) is 0 Å². The topological polar surface area (TPSA) is 12.0 Å². The van der Waals surface area contributed by atoms with E-state index < -0.39 is 0 Å². The second kappa shape index (κ2) is 9.43. The minimum atomic E-state index is 0.565. The second-order valence-electron chi connectivity index (χ2n) is 3.66. The molecule has 14 heavy (non-hydrogen) atoms. The Kier molecular flexibility index (Phi) is 9.34. The summed E-state index contributed by atoms with van der Waals surface area (Å²) >= 11 is 2.01. The van der Waals surface area contributed by atoms with Crippen LogP contribution in [0.15, 0.2) is 0 Å². The highest BCUT2D eigenvalue weighted by atomic mass is 32.2. The molecule has 0 heterocycles. The van der Waals surface area contributed by atoms with Gasteiger partial charge in [-0.15, -0.1) is 11.8 Å². The fourth-order valence-corrected chi connectivity index (χ4v) is 1.93. The van der Waals surface area contributed by atoms with Crippen LogP contribution in [0, 0.1) is 11.8 Å². The molecule has 2 heteroatoms. The number of hydrogen-bond acceptors (Lipinski definition) is 2. The summed E-state index contributed by atoms with van der Waals surface area (Å²) in [6, 6.07) is 0.565. The molecule has 0 saturated carbocycles. The van der Waals surface area contributed by atoms with Gasteiger partial charge in [-0.05, 0) is 25.1 Å². The normalized spacial score (nSPS) is 12.4. The molecule has 0 bridgehead atoms. The van der Waals surface area contributed by atoms with Gasteiger partial charge in [-0.3, -0.25) is 0 Å². The molecule has 0 aromatic rings. The summed E-state index contributed by atoms with van der Waals surface area (Å²) in [5.74, 6) is 7.29. The van der Waals surface area contributed by atoms with E-state index in [1.54, 1.807) is 0 Å². The first kappa shape index (κ1) is 13.9. The molecule has 1 unspecified atom stereocenters. The van der Waals surface area contributed by atoms with E-state index >= 15 is 0 Å². The van der Waals surface area contributed by atoms with Crippen LogP contribution in [-0.4, -0.2) is 23.6 Å². The van der Waals surface area contributed by atoms with E-state index in [9.17, 15) is 0 Å². The van der Waals surface area contributed by atoms with E-state index in [1.165, 1.54) is 12.2 Å². The zero-order chi connectivity index (χ0) is 10.8. The SMILES string of the molecule is CC#CCC(CSC(C)C)NCCC. The van der Waals surface area contributed by atoms with Crippen LogP contribution in [0.3, 0.4) is 0 Å². The fourth-order valence-electron chi connectivity index (χ4n) is 1.07. The highest BCUT2D eigenvalue weighted by molar-refractivity contribution is 7.99. The van der Waals surface area contributed by atoms with Crippen molar-refractivity contribution in [3.05, 3.63) is 0 Å². The smallest absolute Gasteiger partial charge is 0.0267 e. The summed E-state index contributed by atoms with van der Waals surface area (Å²) in [7, 11) is 0. The molecular formula is C12H23NS. The van der Waals surface area contributed by atoms with Crippen molar-refractivity contribution in [3.8, 4) is 11.8 Å². The third-order valence-electron chi connectivity index (χ3n) is 1.84. The minimum absolute atomic E-state index is 0.565. The molecule has 0 rings (SSSR count). The lowest BCUT2D eigenvalue weighted by molar-refractivity contribution is 0.562. The Hall–Kier alpha value is -0.130. The predicted molar refractivity (Wildman–Crippen MR) is 67.7 cm³/mol. The lowest BCUT2D eigenvalue weighted by atomic mass is 10.2. The molecular weight excluding hydrogens is 190 g/mol. The number of rotatable bonds is 7. The van der Waals surface area contributed by atoms with E-state index in [2.05, 4.69) is 37.9 Å². The van der Waals surface area contributed by atoms with E-state index in [4.69, 9.17) is 0 Å². The fraction of sp³-hybridized carbons (Fsp3) is 0.833. The van der Waals surface area contributed by atoms with Crippen molar-refractivity contribution in [2.45, 2.75) is 51.8 Å². The lowest BCUT2D eigenvalue weighted by Crippen LogP contribution is -2.32. The molecule has 1 atom stereocenters. The molecule has 82 valence electrons. The Morgan fingerprint density at radius 1 is 1.36 bits per heavy atom. The largest absolute Gasteiger partial charge is 0.312 e. The summed E-state index contributed by atoms with van der Waals surface area (Å²) in [6.07, 6.45) is 2.18. The van der Waals surface area contributed by atoms with Gasteiger partial charge in [-0.1, -0.05) is 20.8 Å². The van der Waals surface area contributed by atoms with Gasteiger partial charge in [-0.25, -0.2) is 0 Å². The maximum atomic E-state index is 3.54.